The molecule has 1 heterocycles. The summed E-state index contributed by atoms with van der Waals surface area (Å²) in [5.41, 5.74) is -4.61. The van der Waals surface area contributed by atoms with Gasteiger partial charge >= 0.3 is 12.3 Å². The van der Waals surface area contributed by atoms with Crippen LogP contribution in [0.4, 0.5) is 43.9 Å². The maximum Gasteiger partial charge on any atom is 0.432 e. The van der Waals surface area contributed by atoms with Gasteiger partial charge in [0.15, 0.2) is 5.82 Å². The van der Waals surface area contributed by atoms with Crippen molar-refractivity contribution in [2.24, 2.45) is 5.92 Å². The zero-order chi connectivity index (χ0) is 34.8. The topological polar surface area (TPSA) is 35.0 Å². The number of nitrogens with zero attached hydrogens (tertiary/aromatic N) is 2. The standard InChI is InChI=1S/C35H30F10N2O/c1-2-3-4-5-19-6-8-20(9-7-19)23-17-46-33(47-18-23)22-14-29(39)32(30(40)15-22)35(44,45)48-24-10-11-25(26(36)16-24)21-12-27(37)31(28(38)13-21)34(41,42)43/h10-20H,2-9H2,1H3. The maximum atomic E-state index is 15.0. The molecule has 48 heavy (non-hydrogen) atoms. The molecule has 1 fully saturated rings. The monoisotopic (exact) mass is 684 g/mol. The number of benzene rings is 3. The van der Waals surface area contributed by atoms with Crippen LogP contribution in [0, 0.1) is 35.0 Å². The lowest BCUT2D eigenvalue weighted by Crippen LogP contribution is -2.25. The first-order chi connectivity index (χ1) is 22.7. The number of rotatable bonds is 10. The SMILES string of the molecule is CCCCCC1CCC(c2cnc(-c3cc(F)c(C(F)(F)Oc4ccc(-c5cc(F)c(C(F)(F)F)c(F)c5)c(F)c4)c(F)c3)nc2)CC1. The molecule has 0 spiro atoms. The first kappa shape index (κ1) is 35.2. The van der Waals surface area contributed by atoms with Crippen molar-refractivity contribution in [3.8, 4) is 28.3 Å². The summed E-state index contributed by atoms with van der Waals surface area (Å²) in [5, 5.41) is 0. The molecule has 0 aliphatic heterocycles. The highest BCUT2D eigenvalue weighted by Crippen LogP contribution is 2.41. The molecule has 1 aromatic heterocycles. The average Bonchev–Trinajstić information content (AvgIpc) is 3.00. The fourth-order valence-corrected chi connectivity index (χ4v) is 6.14. The van der Waals surface area contributed by atoms with E-state index in [0.717, 1.165) is 31.2 Å². The van der Waals surface area contributed by atoms with Gasteiger partial charge < -0.3 is 4.74 Å². The molecule has 0 amide bonds. The number of alkyl halides is 5. The van der Waals surface area contributed by atoms with Gasteiger partial charge in [0.05, 0.1) is 0 Å². The number of halogens is 10. The average molecular weight is 685 g/mol. The second-order valence-electron chi connectivity index (χ2n) is 11.9. The number of unbranched alkanes of at least 4 members (excludes halogenated alkanes) is 2. The second-order valence-corrected chi connectivity index (χ2v) is 11.9. The summed E-state index contributed by atoms with van der Waals surface area (Å²) < 4.78 is 146. The molecule has 1 saturated carbocycles. The highest BCUT2D eigenvalue weighted by atomic mass is 19.4. The third-order valence-electron chi connectivity index (χ3n) is 8.62. The van der Waals surface area contributed by atoms with E-state index in [1.165, 1.54) is 25.7 Å². The Balaban J connectivity index is 1.29. The van der Waals surface area contributed by atoms with Crippen LogP contribution in [0.25, 0.3) is 22.5 Å². The maximum absolute atomic E-state index is 15.0. The van der Waals surface area contributed by atoms with Gasteiger partial charge in [-0.25, -0.2) is 31.9 Å². The Morgan fingerprint density at radius 2 is 1.25 bits per heavy atom. The van der Waals surface area contributed by atoms with E-state index < -0.39 is 69.4 Å². The molecule has 3 aromatic carbocycles. The Morgan fingerprint density at radius 3 is 1.79 bits per heavy atom. The van der Waals surface area contributed by atoms with Gasteiger partial charge in [-0.05, 0) is 85.0 Å². The van der Waals surface area contributed by atoms with Crippen molar-refractivity contribution in [1.82, 2.24) is 9.97 Å². The molecular weight excluding hydrogens is 654 g/mol. The third-order valence-corrected chi connectivity index (χ3v) is 8.62. The molecule has 0 unspecified atom stereocenters. The van der Waals surface area contributed by atoms with Crippen molar-refractivity contribution in [2.75, 3.05) is 0 Å². The minimum Gasteiger partial charge on any atom is -0.429 e. The summed E-state index contributed by atoms with van der Waals surface area (Å²) >= 11 is 0. The lowest BCUT2D eigenvalue weighted by atomic mass is 9.77. The second kappa shape index (κ2) is 14.1. The Bertz CT molecular complexity index is 1700. The molecule has 1 aliphatic rings. The lowest BCUT2D eigenvalue weighted by molar-refractivity contribution is -0.189. The van der Waals surface area contributed by atoms with E-state index in [4.69, 9.17) is 0 Å². The van der Waals surface area contributed by atoms with Gasteiger partial charge in [0.1, 0.15) is 46.0 Å². The third kappa shape index (κ3) is 7.76. The van der Waals surface area contributed by atoms with Crippen LogP contribution < -0.4 is 4.74 Å². The van der Waals surface area contributed by atoms with Crippen LogP contribution in [0.2, 0.25) is 0 Å². The van der Waals surface area contributed by atoms with Crippen molar-refractivity contribution in [3.63, 3.8) is 0 Å². The van der Waals surface area contributed by atoms with Gasteiger partial charge in [0, 0.05) is 29.6 Å². The van der Waals surface area contributed by atoms with E-state index in [-0.39, 0.29) is 29.4 Å². The first-order valence-corrected chi connectivity index (χ1v) is 15.4. The Morgan fingerprint density at radius 1 is 0.688 bits per heavy atom. The normalized spacial score (nSPS) is 17.1. The van der Waals surface area contributed by atoms with Gasteiger partial charge in [-0.15, -0.1) is 0 Å². The largest absolute Gasteiger partial charge is 0.432 e. The van der Waals surface area contributed by atoms with E-state index in [1.54, 1.807) is 12.4 Å². The van der Waals surface area contributed by atoms with Crippen molar-refractivity contribution in [1.29, 1.82) is 0 Å². The van der Waals surface area contributed by atoms with Gasteiger partial charge in [-0.3, -0.25) is 0 Å². The summed E-state index contributed by atoms with van der Waals surface area (Å²) in [4.78, 5) is 8.42. The zero-order valence-electron chi connectivity index (χ0n) is 25.6. The van der Waals surface area contributed by atoms with Crippen LogP contribution in [0.5, 0.6) is 5.75 Å². The Labute approximate surface area is 270 Å². The smallest absolute Gasteiger partial charge is 0.429 e. The van der Waals surface area contributed by atoms with Crippen molar-refractivity contribution in [2.45, 2.75) is 76.5 Å². The minimum absolute atomic E-state index is 0.0885. The summed E-state index contributed by atoms with van der Waals surface area (Å²) in [7, 11) is 0. The first-order valence-electron chi connectivity index (χ1n) is 15.4. The summed E-state index contributed by atoms with van der Waals surface area (Å²) in [5.74, 6) is -8.93. The molecule has 0 N–H and O–H groups in total. The van der Waals surface area contributed by atoms with Crippen molar-refractivity contribution >= 4 is 0 Å². The van der Waals surface area contributed by atoms with Gasteiger partial charge in [0.2, 0.25) is 0 Å². The predicted octanol–water partition coefficient (Wildman–Crippen LogP) is 11.5. The van der Waals surface area contributed by atoms with Gasteiger partial charge in [0.25, 0.3) is 0 Å². The van der Waals surface area contributed by atoms with Crippen molar-refractivity contribution in [3.05, 3.63) is 101 Å². The Hall–Kier alpha value is -4.16. The van der Waals surface area contributed by atoms with Gasteiger partial charge in [-0.2, -0.15) is 22.0 Å². The quantitative estimate of drug-likeness (QED) is 0.123. The number of ether oxygens (including phenoxy) is 1. The molecule has 13 heteroatoms. The summed E-state index contributed by atoms with van der Waals surface area (Å²) in [6.45, 7) is 2.17. The van der Waals surface area contributed by atoms with Crippen LogP contribution in [-0.2, 0) is 12.3 Å². The molecular formula is C35H30F10N2O. The van der Waals surface area contributed by atoms with E-state index in [9.17, 15) is 35.1 Å². The number of aromatic nitrogens is 2. The number of hydrogen-bond donors (Lipinski definition) is 0. The summed E-state index contributed by atoms with van der Waals surface area (Å²) in [6.07, 6.45) is 2.09. The fourth-order valence-electron chi connectivity index (χ4n) is 6.14. The van der Waals surface area contributed by atoms with Crippen LogP contribution in [0.15, 0.2) is 54.9 Å². The zero-order valence-corrected chi connectivity index (χ0v) is 25.6. The molecule has 256 valence electrons. The van der Waals surface area contributed by atoms with E-state index >= 15 is 8.78 Å². The lowest BCUT2D eigenvalue weighted by Gasteiger charge is -2.28. The highest BCUT2D eigenvalue weighted by Gasteiger charge is 2.42. The molecule has 3 nitrogen and oxygen atoms in total. The number of hydrogen-bond acceptors (Lipinski definition) is 3. The highest BCUT2D eigenvalue weighted by molar-refractivity contribution is 5.66. The Kier molecular flexibility index (Phi) is 10.4. The van der Waals surface area contributed by atoms with E-state index in [1.807, 2.05) is 0 Å². The molecule has 4 aromatic rings. The predicted molar refractivity (Wildman–Crippen MR) is 158 cm³/mol. The molecule has 0 saturated heterocycles. The van der Waals surface area contributed by atoms with E-state index in [0.29, 0.717) is 36.2 Å². The molecule has 1 aliphatic carbocycles. The van der Waals surface area contributed by atoms with Crippen LogP contribution in [-0.4, -0.2) is 9.97 Å². The molecule has 5 rings (SSSR count). The van der Waals surface area contributed by atoms with Crippen LogP contribution in [0.1, 0.15) is 80.9 Å². The molecule has 0 radical (unpaired) electrons. The molecule has 0 bridgehead atoms. The van der Waals surface area contributed by atoms with Crippen LogP contribution in [0.3, 0.4) is 0 Å². The minimum atomic E-state index is -5.36. The molecule has 0 atom stereocenters. The summed E-state index contributed by atoms with van der Waals surface area (Å²) in [6, 6.07) is 3.41. The van der Waals surface area contributed by atoms with Crippen LogP contribution >= 0.6 is 0 Å². The van der Waals surface area contributed by atoms with E-state index in [2.05, 4.69) is 21.6 Å². The fraction of sp³-hybridized carbons (Fsp3) is 0.371. The van der Waals surface area contributed by atoms with Gasteiger partial charge in [-0.1, -0.05) is 32.6 Å². The van der Waals surface area contributed by atoms with Crippen molar-refractivity contribution < 1.29 is 48.6 Å².